The minimum absolute atomic E-state index is 0.310. The van der Waals surface area contributed by atoms with Gasteiger partial charge in [-0.25, -0.2) is 0 Å². The Bertz CT molecular complexity index is 294. The van der Waals surface area contributed by atoms with Crippen LogP contribution in [0.15, 0.2) is 0 Å². The van der Waals surface area contributed by atoms with Crippen molar-refractivity contribution in [2.45, 2.75) is 20.3 Å². The smallest absolute Gasteiger partial charge is 0.317 e. The molecule has 4 N–H and O–H groups in total. The van der Waals surface area contributed by atoms with Crippen LogP contribution >= 0.6 is 0 Å². The molecule has 0 bridgehead atoms. The Hall–Kier alpha value is -2.12. The number of hydrogen-bond donors (Lipinski definition) is 4. The molecular weight excluding hydrogens is 236 g/mol. The lowest BCUT2D eigenvalue weighted by molar-refractivity contribution is -0.153. The molecule has 0 saturated heterocycles. The van der Waals surface area contributed by atoms with E-state index in [1.807, 2.05) is 0 Å². The van der Waals surface area contributed by atoms with Gasteiger partial charge >= 0.3 is 23.9 Å². The molecule has 8 heteroatoms. The summed E-state index contributed by atoms with van der Waals surface area (Å²) in [5.41, 5.74) is 0. The first-order chi connectivity index (χ1) is 7.59. The Morgan fingerprint density at radius 3 is 1.24 bits per heavy atom. The topological polar surface area (TPSA) is 149 Å². The Balaban J connectivity index is 0. The molecule has 0 aromatic carbocycles. The Morgan fingerprint density at radius 2 is 1.18 bits per heavy atom. The summed E-state index contributed by atoms with van der Waals surface area (Å²) in [6.45, 7) is 2.47. The van der Waals surface area contributed by atoms with Crippen molar-refractivity contribution in [2.75, 3.05) is 0 Å². The normalized spacial score (nSPS) is 11.0. The van der Waals surface area contributed by atoms with Crippen LogP contribution < -0.4 is 0 Å². The molecule has 0 aromatic heterocycles. The summed E-state index contributed by atoms with van der Waals surface area (Å²) in [5.74, 6) is -6.85. The maximum atomic E-state index is 9.97. The van der Waals surface area contributed by atoms with Crippen LogP contribution in [0.25, 0.3) is 0 Å². The average molecular weight is 250 g/mol. The highest BCUT2D eigenvalue weighted by Crippen LogP contribution is 1.99. The van der Waals surface area contributed by atoms with Crippen molar-refractivity contribution in [1.82, 2.24) is 0 Å². The number of aliphatic carboxylic acids is 4. The first-order valence-electron chi connectivity index (χ1n) is 4.49. The molecule has 98 valence electrons. The van der Waals surface area contributed by atoms with Crippen LogP contribution in [0.2, 0.25) is 0 Å². The van der Waals surface area contributed by atoms with Crippen LogP contribution in [-0.4, -0.2) is 44.3 Å². The SMILES string of the molecule is CC(C(=O)O)C(=O)O.CC(CC(=O)O)C(=O)O. The zero-order valence-electron chi connectivity index (χ0n) is 9.28. The van der Waals surface area contributed by atoms with E-state index in [0.29, 0.717) is 0 Å². The summed E-state index contributed by atoms with van der Waals surface area (Å²) >= 11 is 0. The molecule has 0 heterocycles. The third-order valence-electron chi connectivity index (χ3n) is 1.64. The highest BCUT2D eigenvalue weighted by atomic mass is 16.4. The van der Waals surface area contributed by atoms with Crippen LogP contribution in [-0.2, 0) is 19.2 Å². The summed E-state index contributed by atoms with van der Waals surface area (Å²) in [6, 6.07) is 0. The number of carboxylic acid groups (broad SMARTS) is 4. The van der Waals surface area contributed by atoms with E-state index >= 15 is 0 Å². The van der Waals surface area contributed by atoms with Crippen molar-refractivity contribution >= 4 is 23.9 Å². The van der Waals surface area contributed by atoms with E-state index in [1.165, 1.54) is 6.92 Å². The highest BCUT2D eigenvalue weighted by molar-refractivity contribution is 5.92. The van der Waals surface area contributed by atoms with E-state index < -0.39 is 35.7 Å². The fraction of sp³-hybridized carbons (Fsp3) is 0.556. The largest absolute Gasteiger partial charge is 0.481 e. The molecule has 0 radical (unpaired) electrons. The fourth-order valence-electron chi connectivity index (χ4n) is 0.455. The van der Waals surface area contributed by atoms with Crippen LogP contribution in [0.1, 0.15) is 20.3 Å². The minimum atomic E-state index is -1.31. The van der Waals surface area contributed by atoms with Crippen molar-refractivity contribution < 1.29 is 39.6 Å². The summed E-state index contributed by atoms with van der Waals surface area (Å²) in [7, 11) is 0. The molecule has 1 atom stereocenters. The van der Waals surface area contributed by atoms with Crippen molar-refractivity contribution in [3.05, 3.63) is 0 Å². The molecule has 0 rings (SSSR count). The molecule has 0 aliphatic carbocycles. The van der Waals surface area contributed by atoms with Gasteiger partial charge in [0.05, 0.1) is 12.3 Å². The van der Waals surface area contributed by atoms with Gasteiger partial charge in [0.1, 0.15) is 0 Å². The summed E-state index contributed by atoms with van der Waals surface area (Å²) < 4.78 is 0. The molecule has 0 aliphatic heterocycles. The zero-order chi connectivity index (χ0) is 14.2. The molecule has 0 aliphatic rings. The number of carboxylic acids is 4. The molecule has 8 nitrogen and oxygen atoms in total. The lowest BCUT2D eigenvalue weighted by atomic mass is 10.1. The van der Waals surface area contributed by atoms with Crippen molar-refractivity contribution in [3.63, 3.8) is 0 Å². The first kappa shape index (κ1) is 17.3. The van der Waals surface area contributed by atoms with Crippen LogP contribution in [0.5, 0.6) is 0 Å². The van der Waals surface area contributed by atoms with E-state index in [0.717, 1.165) is 6.92 Å². The van der Waals surface area contributed by atoms with Gasteiger partial charge in [0.15, 0.2) is 5.92 Å². The molecular formula is C9H14O8. The molecule has 0 saturated carbocycles. The molecule has 0 aromatic rings. The third kappa shape index (κ3) is 10.2. The van der Waals surface area contributed by atoms with E-state index in [1.54, 1.807) is 0 Å². The van der Waals surface area contributed by atoms with Crippen molar-refractivity contribution in [3.8, 4) is 0 Å². The fourth-order valence-corrected chi connectivity index (χ4v) is 0.455. The second-order valence-corrected chi connectivity index (χ2v) is 3.24. The van der Waals surface area contributed by atoms with Gasteiger partial charge in [-0.2, -0.15) is 0 Å². The van der Waals surface area contributed by atoms with Gasteiger partial charge in [-0.15, -0.1) is 0 Å². The maximum absolute atomic E-state index is 9.97. The van der Waals surface area contributed by atoms with Crippen LogP contribution in [0, 0.1) is 11.8 Å². The monoisotopic (exact) mass is 250 g/mol. The second kappa shape index (κ2) is 8.08. The third-order valence-corrected chi connectivity index (χ3v) is 1.64. The van der Waals surface area contributed by atoms with Gasteiger partial charge in [-0.05, 0) is 6.92 Å². The lowest BCUT2D eigenvalue weighted by Crippen LogP contribution is -2.19. The molecule has 0 amide bonds. The summed E-state index contributed by atoms with van der Waals surface area (Å²) in [6.07, 6.45) is -0.310. The van der Waals surface area contributed by atoms with Crippen molar-refractivity contribution in [1.29, 1.82) is 0 Å². The highest BCUT2D eigenvalue weighted by Gasteiger charge is 2.18. The van der Waals surface area contributed by atoms with Gasteiger partial charge in [-0.1, -0.05) is 6.92 Å². The van der Waals surface area contributed by atoms with E-state index in [4.69, 9.17) is 20.4 Å². The Kier molecular flexibility index (Phi) is 8.21. The maximum Gasteiger partial charge on any atom is 0.317 e. The van der Waals surface area contributed by atoms with Gasteiger partial charge < -0.3 is 20.4 Å². The lowest BCUT2D eigenvalue weighted by Gasteiger charge is -1.98. The van der Waals surface area contributed by atoms with Gasteiger partial charge in [0.2, 0.25) is 0 Å². The minimum Gasteiger partial charge on any atom is -0.481 e. The van der Waals surface area contributed by atoms with Gasteiger partial charge in [-0.3, -0.25) is 19.2 Å². The summed E-state index contributed by atoms with van der Waals surface area (Å²) in [4.78, 5) is 39.3. The summed E-state index contributed by atoms with van der Waals surface area (Å²) in [5, 5.41) is 32.2. The predicted molar refractivity (Wildman–Crippen MR) is 53.5 cm³/mol. The van der Waals surface area contributed by atoms with Crippen LogP contribution in [0.4, 0.5) is 0 Å². The van der Waals surface area contributed by atoms with Crippen LogP contribution in [0.3, 0.4) is 0 Å². The second-order valence-electron chi connectivity index (χ2n) is 3.24. The van der Waals surface area contributed by atoms with E-state index in [-0.39, 0.29) is 6.42 Å². The Morgan fingerprint density at radius 1 is 0.824 bits per heavy atom. The molecule has 0 fully saturated rings. The predicted octanol–water partition coefficient (Wildman–Crippen LogP) is -0.0265. The molecule has 0 spiro atoms. The molecule has 17 heavy (non-hydrogen) atoms. The first-order valence-corrected chi connectivity index (χ1v) is 4.49. The number of hydrogen-bond acceptors (Lipinski definition) is 4. The zero-order valence-corrected chi connectivity index (χ0v) is 9.28. The standard InChI is InChI=1S/C5H8O4.C4H6O4/c1-3(5(8)9)2-4(6)7;1-2(3(5)6)4(7)8/h3H,2H2,1H3,(H,6,7)(H,8,9);2H,1H3,(H,5,6)(H,7,8). The van der Waals surface area contributed by atoms with Crippen molar-refractivity contribution in [2.24, 2.45) is 11.8 Å². The average Bonchev–Trinajstić information content (AvgIpc) is 2.15. The molecule has 1 unspecified atom stereocenters. The Labute approximate surface area is 96.5 Å². The number of carbonyl (C=O) groups is 4. The van der Waals surface area contributed by atoms with E-state index in [2.05, 4.69) is 0 Å². The quantitative estimate of drug-likeness (QED) is 0.497. The van der Waals surface area contributed by atoms with Gasteiger partial charge in [0.25, 0.3) is 0 Å². The van der Waals surface area contributed by atoms with Gasteiger partial charge in [0, 0.05) is 0 Å². The van der Waals surface area contributed by atoms with E-state index in [9.17, 15) is 19.2 Å². The number of rotatable bonds is 5.